The summed E-state index contributed by atoms with van der Waals surface area (Å²) in [6, 6.07) is 0. The van der Waals surface area contributed by atoms with Gasteiger partial charge in [0.05, 0.1) is 0 Å². The van der Waals surface area contributed by atoms with Gasteiger partial charge in [-0.2, -0.15) is 0 Å². The summed E-state index contributed by atoms with van der Waals surface area (Å²) >= 11 is 0. The standard InChI is InChI=1S/C23H42O2/c1-2-3-4-5-6-7-8-9-10-11-12-13-14-15-16-18-21-24-23-20-17-19-22-25-23/h23H,2-4,7-22H2,1H3. The van der Waals surface area contributed by atoms with Crippen molar-refractivity contribution in [1.29, 1.82) is 0 Å². The zero-order valence-corrected chi connectivity index (χ0v) is 16.8. The van der Waals surface area contributed by atoms with Crippen LogP contribution >= 0.6 is 0 Å². The van der Waals surface area contributed by atoms with Gasteiger partial charge in [-0.25, -0.2) is 0 Å². The van der Waals surface area contributed by atoms with Crippen LogP contribution in [0.25, 0.3) is 0 Å². The molecule has 1 saturated heterocycles. The fourth-order valence-corrected chi connectivity index (χ4v) is 3.23. The van der Waals surface area contributed by atoms with Gasteiger partial charge in [-0.15, -0.1) is 11.8 Å². The minimum Gasteiger partial charge on any atom is -0.353 e. The van der Waals surface area contributed by atoms with Crippen molar-refractivity contribution in [2.75, 3.05) is 13.2 Å². The van der Waals surface area contributed by atoms with E-state index in [2.05, 4.69) is 18.8 Å². The number of rotatable bonds is 15. The molecular formula is C23H42O2. The molecule has 1 unspecified atom stereocenters. The maximum Gasteiger partial charge on any atom is 0.157 e. The van der Waals surface area contributed by atoms with Gasteiger partial charge in [0.1, 0.15) is 0 Å². The van der Waals surface area contributed by atoms with Gasteiger partial charge in [0.2, 0.25) is 0 Å². The Morgan fingerprint density at radius 3 is 1.96 bits per heavy atom. The van der Waals surface area contributed by atoms with Crippen molar-refractivity contribution in [3.8, 4) is 11.8 Å². The van der Waals surface area contributed by atoms with Gasteiger partial charge < -0.3 is 9.47 Å². The van der Waals surface area contributed by atoms with Gasteiger partial charge in [0.15, 0.2) is 6.29 Å². The van der Waals surface area contributed by atoms with Crippen molar-refractivity contribution in [2.24, 2.45) is 0 Å². The van der Waals surface area contributed by atoms with Crippen molar-refractivity contribution in [2.45, 2.75) is 122 Å². The van der Waals surface area contributed by atoms with Crippen LogP contribution in [0.1, 0.15) is 116 Å². The van der Waals surface area contributed by atoms with Crippen LogP contribution in [0.15, 0.2) is 0 Å². The molecule has 0 amide bonds. The monoisotopic (exact) mass is 350 g/mol. The molecule has 0 N–H and O–H groups in total. The lowest BCUT2D eigenvalue weighted by atomic mass is 10.1. The Labute approximate surface area is 157 Å². The van der Waals surface area contributed by atoms with E-state index < -0.39 is 0 Å². The third kappa shape index (κ3) is 15.5. The smallest absolute Gasteiger partial charge is 0.157 e. The van der Waals surface area contributed by atoms with Crippen LogP contribution in [0.5, 0.6) is 0 Å². The summed E-state index contributed by atoms with van der Waals surface area (Å²) < 4.78 is 11.3. The second-order valence-electron chi connectivity index (χ2n) is 7.41. The van der Waals surface area contributed by atoms with Crippen LogP contribution < -0.4 is 0 Å². The molecule has 1 aliphatic heterocycles. The summed E-state index contributed by atoms with van der Waals surface area (Å²) in [6.07, 6.45) is 21.9. The largest absolute Gasteiger partial charge is 0.353 e. The molecule has 0 radical (unpaired) electrons. The molecule has 2 nitrogen and oxygen atoms in total. The molecule has 1 rings (SSSR count). The van der Waals surface area contributed by atoms with E-state index in [1.165, 1.54) is 89.9 Å². The highest BCUT2D eigenvalue weighted by molar-refractivity contribution is 4.98. The fraction of sp³-hybridized carbons (Fsp3) is 0.913. The molecule has 1 fully saturated rings. The van der Waals surface area contributed by atoms with E-state index in [1.807, 2.05) is 0 Å². The zero-order chi connectivity index (χ0) is 17.8. The predicted octanol–water partition coefficient (Wildman–Crippen LogP) is 7.01. The molecule has 1 aliphatic rings. The maximum atomic E-state index is 5.77. The van der Waals surface area contributed by atoms with Crippen LogP contribution in [0.4, 0.5) is 0 Å². The molecule has 0 bridgehead atoms. The van der Waals surface area contributed by atoms with Gasteiger partial charge >= 0.3 is 0 Å². The topological polar surface area (TPSA) is 18.5 Å². The van der Waals surface area contributed by atoms with Crippen LogP contribution in [0, 0.1) is 11.8 Å². The molecule has 2 heteroatoms. The summed E-state index contributed by atoms with van der Waals surface area (Å²) in [6.45, 7) is 3.99. The summed E-state index contributed by atoms with van der Waals surface area (Å²) in [4.78, 5) is 0. The SMILES string of the molecule is CCCCC#CCCCCCCCCCCCCOC1CCCCO1. The van der Waals surface area contributed by atoms with E-state index in [0.717, 1.165) is 32.5 Å². The lowest BCUT2D eigenvalue weighted by molar-refractivity contribution is -0.162. The average molecular weight is 351 g/mol. The summed E-state index contributed by atoms with van der Waals surface area (Å²) in [7, 11) is 0. The van der Waals surface area contributed by atoms with Crippen molar-refractivity contribution in [3.63, 3.8) is 0 Å². The Bertz CT molecular complexity index is 323. The van der Waals surface area contributed by atoms with Gasteiger partial charge in [-0.1, -0.05) is 64.7 Å². The molecule has 0 aliphatic carbocycles. The molecule has 0 spiro atoms. The third-order valence-electron chi connectivity index (χ3n) is 4.92. The Kier molecular flexibility index (Phi) is 16.5. The second-order valence-corrected chi connectivity index (χ2v) is 7.41. The highest BCUT2D eigenvalue weighted by Gasteiger charge is 2.13. The molecule has 1 heterocycles. The van der Waals surface area contributed by atoms with Crippen LogP contribution in [-0.2, 0) is 9.47 Å². The zero-order valence-electron chi connectivity index (χ0n) is 16.8. The van der Waals surface area contributed by atoms with E-state index in [1.54, 1.807) is 0 Å². The van der Waals surface area contributed by atoms with Crippen molar-refractivity contribution in [3.05, 3.63) is 0 Å². The van der Waals surface area contributed by atoms with Gasteiger partial charge in [0, 0.05) is 26.1 Å². The first-order valence-electron chi connectivity index (χ1n) is 11.1. The van der Waals surface area contributed by atoms with E-state index in [0.29, 0.717) is 0 Å². The number of hydrogen-bond donors (Lipinski definition) is 0. The van der Waals surface area contributed by atoms with E-state index in [-0.39, 0.29) is 6.29 Å². The van der Waals surface area contributed by atoms with Crippen molar-refractivity contribution in [1.82, 2.24) is 0 Å². The summed E-state index contributed by atoms with van der Waals surface area (Å²) in [5.74, 6) is 6.59. The summed E-state index contributed by atoms with van der Waals surface area (Å²) in [5.41, 5.74) is 0. The molecule has 1 atom stereocenters. The Balaban J connectivity index is 1.69. The van der Waals surface area contributed by atoms with Gasteiger partial charge in [-0.05, 0) is 38.5 Å². The molecule has 25 heavy (non-hydrogen) atoms. The number of unbranched alkanes of at least 4 members (excludes halogenated alkanes) is 12. The predicted molar refractivity (Wildman–Crippen MR) is 108 cm³/mol. The quantitative estimate of drug-likeness (QED) is 0.233. The Hall–Kier alpha value is -0.520. The number of hydrogen-bond acceptors (Lipinski definition) is 2. The minimum atomic E-state index is 0.0936. The van der Waals surface area contributed by atoms with Crippen molar-refractivity contribution >= 4 is 0 Å². The van der Waals surface area contributed by atoms with E-state index in [4.69, 9.17) is 9.47 Å². The Morgan fingerprint density at radius 2 is 1.36 bits per heavy atom. The second kappa shape index (κ2) is 18.3. The highest BCUT2D eigenvalue weighted by Crippen LogP contribution is 2.15. The highest BCUT2D eigenvalue weighted by atomic mass is 16.7. The maximum absolute atomic E-state index is 5.77. The lowest BCUT2D eigenvalue weighted by Gasteiger charge is -2.22. The first-order chi connectivity index (χ1) is 12.4. The normalized spacial score (nSPS) is 17.2. The molecular weight excluding hydrogens is 308 g/mol. The Morgan fingerprint density at radius 1 is 0.760 bits per heavy atom. The van der Waals surface area contributed by atoms with Crippen LogP contribution in [-0.4, -0.2) is 19.5 Å². The number of ether oxygens (including phenoxy) is 2. The van der Waals surface area contributed by atoms with E-state index >= 15 is 0 Å². The first-order valence-corrected chi connectivity index (χ1v) is 11.1. The summed E-state index contributed by atoms with van der Waals surface area (Å²) in [5, 5.41) is 0. The molecule has 0 aromatic heterocycles. The fourth-order valence-electron chi connectivity index (χ4n) is 3.23. The minimum absolute atomic E-state index is 0.0936. The van der Waals surface area contributed by atoms with Crippen LogP contribution in [0.2, 0.25) is 0 Å². The van der Waals surface area contributed by atoms with Gasteiger partial charge in [-0.3, -0.25) is 0 Å². The van der Waals surface area contributed by atoms with Gasteiger partial charge in [0.25, 0.3) is 0 Å². The molecule has 0 aromatic carbocycles. The molecule has 146 valence electrons. The van der Waals surface area contributed by atoms with E-state index in [9.17, 15) is 0 Å². The average Bonchev–Trinajstić information content (AvgIpc) is 2.65. The van der Waals surface area contributed by atoms with Crippen LogP contribution in [0.3, 0.4) is 0 Å². The molecule has 0 saturated carbocycles. The first kappa shape index (κ1) is 22.5. The lowest BCUT2D eigenvalue weighted by Crippen LogP contribution is -2.22. The third-order valence-corrected chi connectivity index (χ3v) is 4.92. The van der Waals surface area contributed by atoms with Crippen molar-refractivity contribution < 1.29 is 9.47 Å². The molecule has 0 aromatic rings.